The van der Waals surface area contributed by atoms with Crippen LogP contribution in [0, 0.1) is 0 Å². The van der Waals surface area contributed by atoms with E-state index in [0.717, 1.165) is 12.1 Å². The largest absolute Gasteiger partial charge is 0.416 e. The van der Waals surface area contributed by atoms with Crippen molar-refractivity contribution in [1.29, 1.82) is 0 Å². The number of pyridine rings is 1. The third kappa shape index (κ3) is 3.59. The van der Waals surface area contributed by atoms with Crippen molar-refractivity contribution < 1.29 is 13.2 Å². The van der Waals surface area contributed by atoms with Crippen LogP contribution in [0.2, 0.25) is 0 Å². The quantitative estimate of drug-likeness (QED) is 0.878. The Morgan fingerprint density at radius 1 is 1.25 bits per heavy atom. The molecule has 2 aromatic heterocycles. The lowest BCUT2D eigenvalue weighted by molar-refractivity contribution is -0.137. The lowest BCUT2D eigenvalue weighted by Crippen LogP contribution is -2.14. The number of alkyl halides is 3. The molecule has 0 bridgehead atoms. The Kier molecular flexibility index (Phi) is 4.06. The van der Waals surface area contributed by atoms with Crippen molar-refractivity contribution in [3.05, 3.63) is 30.1 Å². The number of nitrogens with one attached hydrogen (secondary N) is 2. The highest BCUT2D eigenvalue weighted by atomic mass is 19.4. The summed E-state index contributed by atoms with van der Waals surface area (Å²) in [6.07, 6.45) is -1.21. The standard InChI is InChI=1S/C11H13F3N6/c1-15-9-6-8(11(12,13)14)7-10(18-9)16-2-4-20-5-3-17-19-20/h3,5-7H,2,4H2,1H3,(H2,15,16,18). The van der Waals surface area contributed by atoms with Gasteiger partial charge in [0.1, 0.15) is 11.6 Å². The van der Waals surface area contributed by atoms with Crippen molar-refractivity contribution in [2.75, 3.05) is 24.2 Å². The first-order valence-electron chi connectivity index (χ1n) is 5.84. The molecule has 0 saturated heterocycles. The summed E-state index contributed by atoms with van der Waals surface area (Å²) in [5.74, 6) is 0.312. The highest BCUT2D eigenvalue weighted by molar-refractivity contribution is 5.49. The molecule has 0 saturated carbocycles. The lowest BCUT2D eigenvalue weighted by Gasteiger charge is -2.12. The summed E-state index contributed by atoms with van der Waals surface area (Å²) in [6, 6.07) is 1.94. The van der Waals surface area contributed by atoms with Crippen molar-refractivity contribution >= 4 is 11.6 Å². The summed E-state index contributed by atoms with van der Waals surface area (Å²) in [4.78, 5) is 4.02. The highest BCUT2D eigenvalue weighted by Gasteiger charge is 2.31. The Morgan fingerprint density at radius 3 is 2.60 bits per heavy atom. The number of rotatable bonds is 5. The van der Waals surface area contributed by atoms with Crippen LogP contribution in [0.1, 0.15) is 5.56 Å². The number of hydrogen-bond acceptors (Lipinski definition) is 5. The minimum Gasteiger partial charge on any atom is -0.373 e. The van der Waals surface area contributed by atoms with Gasteiger partial charge in [-0.1, -0.05) is 5.21 Å². The molecule has 2 rings (SSSR count). The van der Waals surface area contributed by atoms with Crippen molar-refractivity contribution in [2.24, 2.45) is 0 Å². The highest BCUT2D eigenvalue weighted by Crippen LogP contribution is 2.31. The summed E-state index contributed by atoms with van der Waals surface area (Å²) in [7, 11) is 1.52. The van der Waals surface area contributed by atoms with E-state index in [1.807, 2.05) is 0 Å². The van der Waals surface area contributed by atoms with Crippen LogP contribution >= 0.6 is 0 Å². The molecule has 9 heteroatoms. The van der Waals surface area contributed by atoms with Gasteiger partial charge < -0.3 is 10.6 Å². The summed E-state index contributed by atoms with van der Waals surface area (Å²) < 4.78 is 39.7. The van der Waals surface area contributed by atoms with Gasteiger partial charge in [-0.15, -0.1) is 5.10 Å². The van der Waals surface area contributed by atoms with Gasteiger partial charge in [0.25, 0.3) is 0 Å². The average Bonchev–Trinajstić information content (AvgIpc) is 2.90. The normalized spacial score (nSPS) is 11.4. The molecule has 108 valence electrons. The molecule has 0 amide bonds. The van der Waals surface area contributed by atoms with Crippen LogP contribution in [0.5, 0.6) is 0 Å². The Balaban J connectivity index is 2.06. The van der Waals surface area contributed by atoms with Gasteiger partial charge >= 0.3 is 6.18 Å². The third-order valence-corrected chi connectivity index (χ3v) is 2.53. The van der Waals surface area contributed by atoms with E-state index in [9.17, 15) is 13.2 Å². The van der Waals surface area contributed by atoms with E-state index in [1.54, 1.807) is 10.9 Å². The van der Waals surface area contributed by atoms with Crippen molar-refractivity contribution in [3.63, 3.8) is 0 Å². The summed E-state index contributed by atoms with van der Waals surface area (Å²) >= 11 is 0. The van der Waals surface area contributed by atoms with E-state index in [0.29, 0.717) is 13.1 Å². The average molecular weight is 286 g/mol. The Bertz CT molecular complexity index is 552. The van der Waals surface area contributed by atoms with Crippen LogP contribution in [0.25, 0.3) is 0 Å². The van der Waals surface area contributed by atoms with Gasteiger partial charge in [-0.3, -0.25) is 4.68 Å². The molecule has 0 spiro atoms. The maximum absolute atomic E-state index is 12.7. The zero-order valence-electron chi connectivity index (χ0n) is 10.6. The summed E-state index contributed by atoms with van der Waals surface area (Å²) in [5, 5.41) is 12.8. The molecule has 6 nitrogen and oxygen atoms in total. The van der Waals surface area contributed by atoms with E-state index in [1.165, 1.54) is 13.2 Å². The second-order valence-corrected chi connectivity index (χ2v) is 3.97. The van der Waals surface area contributed by atoms with Crippen molar-refractivity contribution in [2.45, 2.75) is 12.7 Å². The van der Waals surface area contributed by atoms with Crippen LogP contribution < -0.4 is 10.6 Å². The first-order chi connectivity index (χ1) is 9.49. The first kappa shape index (κ1) is 14.1. The summed E-state index contributed by atoms with van der Waals surface area (Å²) in [6.45, 7) is 0.869. The SMILES string of the molecule is CNc1cc(C(F)(F)F)cc(NCCn2ccnn2)n1. The smallest absolute Gasteiger partial charge is 0.373 e. The van der Waals surface area contributed by atoms with E-state index >= 15 is 0 Å². The fourth-order valence-corrected chi connectivity index (χ4v) is 1.56. The lowest BCUT2D eigenvalue weighted by atomic mass is 10.2. The van der Waals surface area contributed by atoms with Gasteiger partial charge in [0.05, 0.1) is 18.3 Å². The molecular weight excluding hydrogens is 273 g/mol. The van der Waals surface area contributed by atoms with Gasteiger partial charge in [0.2, 0.25) is 0 Å². The maximum Gasteiger partial charge on any atom is 0.416 e. The molecule has 0 unspecified atom stereocenters. The molecule has 0 aliphatic carbocycles. The van der Waals surface area contributed by atoms with Crippen LogP contribution in [-0.2, 0) is 12.7 Å². The third-order valence-electron chi connectivity index (χ3n) is 2.53. The van der Waals surface area contributed by atoms with E-state index < -0.39 is 11.7 Å². The zero-order chi connectivity index (χ0) is 14.6. The monoisotopic (exact) mass is 286 g/mol. The number of aromatic nitrogens is 4. The molecule has 2 aromatic rings. The second-order valence-electron chi connectivity index (χ2n) is 3.97. The molecule has 0 fully saturated rings. The predicted octanol–water partition coefficient (Wildman–Crippen LogP) is 1.85. The molecule has 0 radical (unpaired) electrons. The van der Waals surface area contributed by atoms with E-state index in [4.69, 9.17) is 0 Å². The van der Waals surface area contributed by atoms with Crippen molar-refractivity contribution in [3.8, 4) is 0 Å². The van der Waals surface area contributed by atoms with E-state index in [2.05, 4.69) is 25.9 Å². The molecule has 0 atom stereocenters. The summed E-state index contributed by atoms with van der Waals surface area (Å²) in [5.41, 5.74) is -0.750. The topological polar surface area (TPSA) is 67.7 Å². The zero-order valence-corrected chi connectivity index (χ0v) is 10.6. The van der Waals surface area contributed by atoms with Gasteiger partial charge in [-0.05, 0) is 12.1 Å². The molecule has 0 aliphatic heterocycles. The Hall–Kier alpha value is -2.32. The molecule has 0 aromatic carbocycles. The molecular formula is C11H13F3N6. The van der Waals surface area contributed by atoms with Crippen LogP contribution in [-0.4, -0.2) is 33.6 Å². The minimum absolute atomic E-state index is 0.156. The van der Waals surface area contributed by atoms with E-state index in [-0.39, 0.29) is 11.6 Å². The number of halogens is 3. The second kappa shape index (κ2) is 5.76. The molecule has 2 heterocycles. The van der Waals surface area contributed by atoms with Gasteiger partial charge in [-0.25, -0.2) is 4.98 Å². The molecule has 20 heavy (non-hydrogen) atoms. The van der Waals surface area contributed by atoms with Gasteiger partial charge in [0, 0.05) is 19.8 Å². The number of hydrogen-bond donors (Lipinski definition) is 2. The maximum atomic E-state index is 12.7. The molecule has 2 N–H and O–H groups in total. The first-order valence-corrected chi connectivity index (χ1v) is 5.84. The van der Waals surface area contributed by atoms with Crippen molar-refractivity contribution in [1.82, 2.24) is 20.0 Å². The fraction of sp³-hybridized carbons (Fsp3) is 0.364. The number of anilines is 2. The van der Waals surface area contributed by atoms with Gasteiger partial charge in [0.15, 0.2) is 0 Å². The fourth-order valence-electron chi connectivity index (χ4n) is 1.56. The molecule has 0 aliphatic rings. The Labute approximate surface area is 113 Å². The number of nitrogens with zero attached hydrogens (tertiary/aromatic N) is 4. The van der Waals surface area contributed by atoms with Crippen LogP contribution in [0.4, 0.5) is 24.8 Å². The predicted molar refractivity (Wildman–Crippen MR) is 67.3 cm³/mol. The minimum atomic E-state index is -4.41. The van der Waals surface area contributed by atoms with Crippen LogP contribution in [0.3, 0.4) is 0 Å². The van der Waals surface area contributed by atoms with Gasteiger partial charge in [-0.2, -0.15) is 13.2 Å². The Morgan fingerprint density at radius 2 is 2.00 bits per heavy atom. The van der Waals surface area contributed by atoms with Crippen LogP contribution in [0.15, 0.2) is 24.5 Å².